The molecule has 6 heteroatoms. The third-order valence-electron chi connectivity index (χ3n) is 4.55. The lowest BCUT2D eigenvalue weighted by atomic mass is 10.2. The van der Waals surface area contributed by atoms with Crippen LogP contribution < -0.4 is 10.9 Å². The summed E-state index contributed by atoms with van der Waals surface area (Å²) >= 11 is 1.62. The van der Waals surface area contributed by atoms with Crippen molar-refractivity contribution in [2.45, 2.75) is 39.0 Å². The van der Waals surface area contributed by atoms with E-state index in [2.05, 4.69) is 15.3 Å². The summed E-state index contributed by atoms with van der Waals surface area (Å²) in [5.41, 5.74) is 3.04. The van der Waals surface area contributed by atoms with E-state index in [0.717, 1.165) is 40.7 Å². The fraction of sp³-hybridized carbons (Fsp3) is 0.316. The van der Waals surface area contributed by atoms with Gasteiger partial charge in [0.05, 0.1) is 5.39 Å². The normalized spacial score (nSPS) is 13.2. The number of H-pyrrole nitrogens is 1. The molecule has 0 fully saturated rings. The Morgan fingerprint density at radius 1 is 1.28 bits per heavy atom. The van der Waals surface area contributed by atoms with Gasteiger partial charge in [-0.25, -0.2) is 4.98 Å². The van der Waals surface area contributed by atoms with Crippen LogP contribution in [0.15, 0.2) is 29.1 Å². The third-order valence-corrected chi connectivity index (χ3v) is 5.73. The van der Waals surface area contributed by atoms with E-state index in [9.17, 15) is 9.59 Å². The first-order chi connectivity index (χ1) is 12.1. The lowest BCUT2D eigenvalue weighted by molar-refractivity contribution is -0.116. The Kier molecular flexibility index (Phi) is 4.13. The smallest absolute Gasteiger partial charge is 0.259 e. The van der Waals surface area contributed by atoms with E-state index in [-0.39, 0.29) is 17.9 Å². The Morgan fingerprint density at radius 2 is 2.08 bits per heavy atom. The Bertz CT molecular complexity index is 1000. The molecule has 0 bridgehead atoms. The molecule has 1 amide bonds. The van der Waals surface area contributed by atoms with Gasteiger partial charge in [-0.3, -0.25) is 9.59 Å². The molecule has 3 aromatic rings. The Hall–Kier alpha value is -2.47. The number of thiophene rings is 1. The van der Waals surface area contributed by atoms with Crippen LogP contribution in [0.3, 0.4) is 0 Å². The van der Waals surface area contributed by atoms with Gasteiger partial charge >= 0.3 is 0 Å². The molecule has 0 saturated heterocycles. The van der Waals surface area contributed by atoms with E-state index in [0.29, 0.717) is 12.2 Å². The number of amides is 1. The first-order valence-corrected chi connectivity index (χ1v) is 9.32. The van der Waals surface area contributed by atoms with Gasteiger partial charge in [-0.2, -0.15) is 0 Å². The molecule has 2 aromatic heterocycles. The topological polar surface area (TPSA) is 74.8 Å². The van der Waals surface area contributed by atoms with E-state index in [1.165, 1.54) is 10.4 Å². The highest BCUT2D eigenvalue weighted by Crippen LogP contribution is 2.34. The molecule has 4 rings (SSSR count). The SMILES string of the molecule is Cc1ccc(NC(=O)CCc2nc3sc4c(c3c(=O)[nH]2)CCC4)cc1. The van der Waals surface area contributed by atoms with E-state index in [4.69, 9.17) is 0 Å². The molecule has 2 heterocycles. The molecule has 1 aliphatic rings. The molecular formula is C19H19N3O2S. The van der Waals surface area contributed by atoms with Gasteiger partial charge in [0.25, 0.3) is 5.56 Å². The fourth-order valence-corrected chi connectivity index (χ4v) is 4.54. The molecule has 5 nitrogen and oxygen atoms in total. The maximum Gasteiger partial charge on any atom is 0.259 e. The number of benzene rings is 1. The van der Waals surface area contributed by atoms with Crippen molar-refractivity contribution in [2.75, 3.05) is 5.32 Å². The van der Waals surface area contributed by atoms with Crippen LogP contribution in [-0.2, 0) is 24.1 Å². The monoisotopic (exact) mass is 353 g/mol. The Labute approximate surface area is 149 Å². The number of rotatable bonds is 4. The van der Waals surface area contributed by atoms with Crippen LogP contribution >= 0.6 is 11.3 Å². The summed E-state index contributed by atoms with van der Waals surface area (Å²) in [6.45, 7) is 2.00. The minimum Gasteiger partial charge on any atom is -0.326 e. The zero-order valence-electron chi connectivity index (χ0n) is 14.0. The number of hydrogen-bond acceptors (Lipinski definition) is 4. The van der Waals surface area contributed by atoms with Gasteiger partial charge in [0.1, 0.15) is 10.7 Å². The maximum absolute atomic E-state index is 12.4. The predicted molar refractivity (Wildman–Crippen MR) is 100 cm³/mol. The van der Waals surface area contributed by atoms with Crippen LogP contribution in [0.5, 0.6) is 0 Å². The van der Waals surface area contributed by atoms with E-state index in [1.54, 1.807) is 11.3 Å². The number of carbonyl (C=O) groups is 1. The summed E-state index contributed by atoms with van der Waals surface area (Å²) in [5, 5.41) is 3.62. The molecular weight excluding hydrogens is 334 g/mol. The number of nitrogens with one attached hydrogen (secondary N) is 2. The quantitative estimate of drug-likeness (QED) is 0.755. The van der Waals surface area contributed by atoms with Gasteiger partial charge in [0, 0.05) is 23.4 Å². The number of fused-ring (bicyclic) bond motifs is 3. The number of anilines is 1. The summed E-state index contributed by atoms with van der Waals surface area (Å²) < 4.78 is 0. The number of aromatic nitrogens is 2. The zero-order chi connectivity index (χ0) is 17.4. The largest absolute Gasteiger partial charge is 0.326 e. The second kappa shape index (κ2) is 6.44. The predicted octanol–water partition coefficient (Wildman–Crippen LogP) is 3.35. The molecule has 1 aromatic carbocycles. The minimum atomic E-state index is -0.0831. The van der Waals surface area contributed by atoms with Crippen molar-refractivity contribution in [3.8, 4) is 0 Å². The van der Waals surface area contributed by atoms with Crippen molar-refractivity contribution in [1.29, 1.82) is 0 Å². The lowest BCUT2D eigenvalue weighted by Gasteiger charge is -2.05. The fourth-order valence-electron chi connectivity index (χ4n) is 3.26. The van der Waals surface area contributed by atoms with Crippen molar-refractivity contribution in [3.05, 3.63) is 56.4 Å². The number of nitrogens with zero attached hydrogens (tertiary/aromatic N) is 1. The molecule has 0 radical (unpaired) electrons. The van der Waals surface area contributed by atoms with Crippen molar-refractivity contribution in [1.82, 2.24) is 9.97 Å². The number of carbonyl (C=O) groups excluding carboxylic acids is 1. The summed E-state index contributed by atoms with van der Waals surface area (Å²) in [6, 6.07) is 7.68. The summed E-state index contributed by atoms with van der Waals surface area (Å²) in [4.78, 5) is 34.0. The van der Waals surface area contributed by atoms with E-state index >= 15 is 0 Å². The summed E-state index contributed by atoms with van der Waals surface area (Å²) in [5.74, 6) is 0.497. The second-order valence-corrected chi connectivity index (χ2v) is 7.55. The van der Waals surface area contributed by atoms with E-state index in [1.807, 2.05) is 31.2 Å². The van der Waals surface area contributed by atoms with Gasteiger partial charge in [-0.15, -0.1) is 11.3 Å². The molecule has 0 aliphatic heterocycles. The lowest BCUT2D eigenvalue weighted by Crippen LogP contribution is -2.16. The van der Waals surface area contributed by atoms with Crippen molar-refractivity contribution in [3.63, 3.8) is 0 Å². The molecule has 2 N–H and O–H groups in total. The van der Waals surface area contributed by atoms with Crippen LogP contribution in [0.4, 0.5) is 5.69 Å². The van der Waals surface area contributed by atoms with Crippen LogP contribution in [0.25, 0.3) is 10.2 Å². The Balaban J connectivity index is 1.47. The van der Waals surface area contributed by atoms with Gasteiger partial charge in [-0.05, 0) is 43.9 Å². The average Bonchev–Trinajstić information content (AvgIpc) is 3.15. The number of aryl methyl sites for hydroxylation is 4. The van der Waals surface area contributed by atoms with Crippen LogP contribution in [0.2, 0.25) is 0 Å². The molecule has 128 valence electrons. The highest BCUT2D eigenvalue weighted by molar-refractivity contribution is 7.18. The molecule has 0 atom stereocenters. The molecule has 0 saturated carbocycles. The molecule has 0 spiro atoms. The summed E-state index contributed by atoms with van der Waals surface area (Å²) in [6.07, 6.45) is 3.85. The number of hydrogen-bond donors (Lipinski definition) is 2. The van der Waals surface area contributed by atoms with Gasteiger partial charge in [0.2, 0.25) is 5.91 Å². The zero-order valence-corrected chi connectivity index (χ0v) is 14.8. The van der Waals surface area contributed by atoms with Crippen molar-refractivity contribution < 1.29 is 4.79 Å². The minimum absolute atomic E-state index is 0.0710. The Morgan fingerprint density at radius 3 is 2.88 bits per heavy atom. The summed E-state index contributed by atoms with van der Waals surface area (Å²) in [7, 11) is 0. The molecule has 25 heavy (non-hydrogen) atoms. The first-order valence-electron chi connectivity index (χ1n) is 8.50. The van der Waals surface area contributed by atoms with Crippen molar-refractivity contribution in [2.24, 2.45) is 0 Å². The van der Waals surface area contributed by atoms with E-state index < -0.39 is 0 Å². The van der Waals surface area contributed by atoms with Gasteiger partial charge in [-0.1, -0.05) is 17.7 Å². The van der Waals surface area contributed by atoms with Gasteiger partial charge in [0.15, 0.2) is 0 Å². The molecule has 0 unspecified atom stereocenters. The highest BCUT2D eigenvalue weighted by Gasteiger charge is 2.21. The molecule has 1 aliphatic carbocycles. The van der Waals surface area contributed by atoms with Crippen LogP contribution in [0, 0.1) is 6.92 Å². The standard InChI is InChI=1S/C19H19N3O2S/c1-11-5-7-12(8-6-11)20-16(23)10-9-15-21-18(24)17-13-3-2-4-14(13)25-19(17)22-15/h5-8H,2-4,9-10H2,1H3,(H,20,23)(H,21,22,24). The maximum atomic E-state index is 12.4. The van der Waals surface area contributed by atoms with Crippen LogP contribution in [0.1, 0.15) is 34.7 Å². The average molecular weight is 353 g/mol. The first kappa shape index (κ1) is 16.0. The number of aromatic amines is 1. The second-order valence-electron chi connectivity index (χ2n) is 6.46. The van der Waals surface area contributed by atoms with Crippen LogP contribution in [-0.4, -0.2) is 15.9 Å². The third kappa shape index (κ3) is 3.22. The van der Waals surface area contributed by atoms with Gasteiger partial charge < -0.3 is 10.3 Å². The van der Waals surface area contributed by atoms with Crippen molar-refractivity contribution >= 4 is 33.1 Å². The highest BCUT2D eigenvalue weighted by atomic mass is 32.1.